The maximum absolute atomic E-state index is 13.5. The molecule has 0 saturated carbocycles. The standard InChI is InChI=1S/C28H32N6O3S/c1-19-5-6-21(14-26(19)38(36,37)34-11-9-25(10-12-34)32(2)3)28(35)31-27-15-23-13-20(7-8-22(23)16-29-27)24-17-30-33(4)18-24/h5-8,13-18,25H,9-12H2,1-4H3,(H,29,31,35). The van der Waals surface area contributed by atoms with Gasteiger partial charge in [0.2, 0.25) is 10.0 Å². The lowest BCUT2D eigenvalue weighted by Crippen LogP contribution is -2.44. The zero-order chi connectivity index (χ0) is 27.0. The first kappa shape index (κ1) is 26.0. The van der Waals surface area contributed by atoms with E-state index in [2.05, 4.69) is 20.3 Å². The van der Waals surface area contributed by atoms with E-state index in [-0.39, 0.29) is 10.5 Å². The Bertz CT molecular complexity index is 1600. The summed E-state index contributed by atoms with van der Waals surface area (Å²) in [6.45, 7) is 2.68. The van der Waals surface area contributed by atoms with Crippen molar-refractivity contribution in [3.8, 4) is 11.1 Å². The first-order chi connectivity index (χ1) is 18.1. The summed E-state index contributed by atoms with van der Waals surface area (Å²) >= 11 is 0. The van der Waals surface area contributed by atoms with Gasteiger partial charge in [0, 0.05) is 55.1 Å². The average molecular weight is 533 g/mol. The molecule has 9 nitrogen and oxygen atoms in total. The minimum Gasteiger partial charge on any atom is -0.307 e. The number of piperidine rings is 1. The van der Waals surface area contributed by atoms with Gasteiger partial charge in [0.05, 0.1) is 11.1 Å². The van der Waals surface area contributed by atoms with E-state index in [1.807, 2.05) is 51.6 Å². The summed E-state index contributed by atoms with van der Waals surface area (Å²) < 4.78 is 30.2. The normalized spacial score (nSPS) is 15.3. The van der Waals surface area contributed by atoms with E-state index >= 15 is 0 Å². The maximum atomic E-state index is 13.5. The number of amides is 1. The monoisotopic (exact) mass is 532 g/mol. The highest BCUT2D eigenvalue weighted by molar-refractivity contribution is 7.89. The quantitative estimate of drug-likeness (QED) is 0.404. The van der Waals surface area contributed by atoms with Crippen LogP contribution in [0.1, 0.15) is 28.8 Å². The third-order valence-corrected chi connectivity index (χ3v) is 9.26. The molecule has 10 heteroatoms. The van der Waals surface area contributed by atoms with E-state index in [0.29, 0.717) is 30.5 Å². The van der Waals surface area contributed by atoms with Gasteiger partial charge in [-0.1, -0.05) is 18.2 Å². The smallest absolute Gasteiger partial charge is 0.256 e. The first-order valence-electron chi connectivity index (χ1n) is 12.6. The second-order valence-corrected chi connectivity index (χ2v) is 12.0. The Morgan fingerprint density at radius 2 is 1.76 bits per heavy atom. The minimum absolute atomic E-state index is 0.168. The molecule has 38 heavy (non-hydrogen) atoms. The molecular formula is C28H32N6O3S. The van der Waals surface area contributed by atoms with Gasteiger partial charge in [-0.05, 0) is 74.6 Å². The van der Waals surface area contributed by atoms with Crippen LogP contribution in [0.5, 0.6) is 0 Å². The van der Waals surface area contributed by atoms with E-state index in [1.54, 1.807) is 36.1 Å². The predicted octanol–water partition coefficient (Wildman–Crippen LogP) is 3.91. The minimum atomic E-state index is -3.72. The second-order valence-electron chi connectivity index (χ2n) is 10.1. The lowest BCUT2D eigenvalue weighted by molar-refractivity contribution is 0.102. The fourth-order valence-electron chi connectivity index (χ4n) is 4.90. The van der Waals surface area contributed by atoms with Crippen molar-refractivity contribution in [2.24, 2.45) is 7.05 Å². The Morgan fingerprint density at radius 1 is 1.00 bits per heavy atom. The molecule has 0 bridgehead atoms. The van der Waals surface area contributed by atoms with E-state index < -0.39 is 15.9 Å². The lowest BCUT2D eigenvalue weighted by atomic mass is 10.0. The van der Waals surface area contributed by atoms with E-state index in [1.165, 1.54) is 10.4 Å². The van der Waals surface area contributed by atoms with Crippen LogP contribution in [-0.4, -0.2) is 71.5 Å². The first-order valence-corrected chi connectivity index (χ1v) is 14.0. The van der Waals surface area contributed by atoms with Crippen LogP contribution in [-0.2, 0) is 17.1 Å². The van der Waals surface area contributed by atoms with Crippen LogP contribution in [0.2, 0.25) is 0 Å². The van der Waals surface area contributed by atoms with Crippen LogP contribution in [0.4, 0.5) is 5.82 Å². The molecule has 5 rings (SSSR count). The summed E-state index contributed by atoms with van der Waals surface area (Å²) in [4.78, 5) is 19.8. The summed E-state index contributed by atoms with van der Waals surface area (Å²) in [6, 6.07) is 13.0. The topological polar surface area (TPSA) is 100 Å². The number of fused-ring (bicyclic) bond motifs is 1. The molecule has 2 aromatic carbocycles. The van der Waals surface area contributed by atoms with Gasteiger partial charge in [-0.15, -0.1) is 0 Å². The van der Waals surface area contributed by atoms with Crippen molar-refractivity contribution in [1.29, 1.82) is 0 Å². The Kier molecular flexibility index (Phi) is 7.04. The number of hydrogen-bond acceptors (Lipinski definition) is 6. The number of benzene rings is 2. The van der Waals surface area contributed by atoms with Gasteiger partial charge >= 0.3 is 0 Å². The van der Waals surface area contributed by atoms with Gasteiger partial charge in [-0.2, -0.15) is 9.40 Å². The molecule has 1 fully saturated rings. The number of rotatable bonds is 6. The van der Waals surface area contributed by atoms with Gasteiger partial charge in [0.1, 0.15) is 5.82 Å². The number of nitrogens with one attached hydrogen (secondary N) is 1. The molecule has 0 aliphatic carbocycles. The number of carbonyl (C=O) groups is 1. The number of aryl methyl sites for hydroxylation is 2. The molecule has 1 saturated heterocycles. The van der Waals surface area contributed by atoms with Gasteiger partial charge in [0.15, 0.2) is 0 Å². The van der Waals surface area contributed by atoms with E-state index in [4.69, 9.17) is 0 Å². The van der Waals surface area contributed by atoms with Crippen LogP contribution < -0.4 is 5.32 Å². The third kappa shape index (κ3) is 5.20. The van der Waals surface area contributed by atoms with Gasteiger partial charge in [0.25, 0.3) is 5.91 Å². The summed E-state index contributed by atoms with van der Waals surface area (Å²) in [6.07, 6.45) is 7.01. The van der Waals surface area contributed by atoms with Crippen molar-refractivity contribution in [1.82, 2.24) is 24.0 Å². The Hall–Kier alpha value is -3.60. The maximum Gasteiger partial charge on any atom is 0.256 e. The highest BCUT2D eigenvalue weighted by atomic mass is 32.2. The van der Waals surface area contributed by atoms with Gasteiger partial charge < -0.3 is 10.2 Å². The van der Waals surface area contributed by atoms with Crippen LogP contribution in [0.3, 0.4) is 0 Å². The van der Waals surface area contributed by atoms with Crippen molar-refractivity contribution in [2.45, 2.75) is 30.7 Å². The third-order valence-electron chi connectivity index (χ3n) is 7.22. The summed E-state index contributed by atoms with van der Waals surface area (Å²) in [5, 5.41) is 8.93. The molecular weight excluding hydrogens is 500 g/mol. The highest BCUT2D eigenvalue weighted by Crippen LogP contribution is 2.27. The van der Waals surface area contributed by atoms with Crippen molar-refractivity contribution >= 4 is 32.5 Å². The van der Waals surface area contributed by atoms with Crippen molar-refractivity contribution in [3.05, 3.63) is 72.2 Å². The summed E-state index contributed by atoms with van der Waals surface area (Å²) in [5.41, 5.74) is 2.89. The summed E-state index contributed by atoms with van der Waals surface area (Å²) in [7, 11) is 2.19. The van der Waals surface area contributed by atoms with Crippen molar-refractivity contribution in [3.63, 3.8) is 0 Å². The predicted molar refractivity (Wildman–Crippen MR) is 149 cm³/mol. The molecule has 0 atom stereocenters. The molecule has 4 aromatic rings. The van der Waals surface area contributed by atoms with Crippen LogP contribution in [0.15, 0.2) is 66.0 Å². The number of pyridine rings is 1. The fourth-order valence-corrected chi connectivity index (χ4v) is 6.63. The lowest BCUT2D eigenvalue weighted by Gasteiger charge is -2.34. The molecule has 198 valence electrons. The van der Waals surface area contributed by atoms with Crippen molar-refractivity contribution < 1.29 is 13.2 Å². The Balaban J connectivity index is 1.37. The molecule has 1 N–H and O–H groups in total. The Morgan fingerprint density at radius 3 is 2.45 bits per heavy atom. The molecule has 0 radical (unpaired) electrons. The molecule has 2 aromatic heterocycles. The Labute approximate surface area is 223 Å². The van der Waals surface area contributed by atoms with Crippen LogP contribution in [0.25, 0.3) is 21.9 Å². The van der Waals surface area contributed by atoms with Crippen molar-refractivity contribution in [2.75, 3.05) is 32.5 Å². The largest absolute Gasteiger partial charge is 0.307 e. The molecule has 1 amide bonds. The van der Waals surface area contributed by atoms with Gasteiger partial charge in [-0.25, -0.2) is 13.4 Å². The average Bonchev–Trinajstić information content (AvgIpc) is 3.34. The number of hydrogen-bond donors (Lipinski definition) is 1. The zero-order valence-electron chi connectivity index (χ0n) is 22.0. The molecule has 1 aliphatic rings. The number of carbonyl (C=O) groups excluding carboxylic acids is 1. The summed E-state index contributed by atoms with van der Waals surface area (Å²) in [5.74, 6) is -0.0235. The van der Waals surface area contributed by atoms with E-state index in [0.717, 1.165) is 34.7 Å². The zero-order valence-corrected chi connectivity index (χ0v) is 22.9. The fraction of sp³-hybridized carbons (Fsp3) is 0.321. The van der Waals surface area contributed by atoms with Crippen LogP contribution in [0, 0.1) is 6.92 Å². The highest BCUT2D eigenvalue weighted by Gasteiger charge is 2.31. The number of aromatic nitrogens is 3. The molecule has 0 unspecified atom stereocenters. The number of nitrogens with zero attached hydrogens (tertiary/aromatic N) is 5. The number of sulfonamides is 1. The van der Waals surface area contributed by atoms with E-state index in [9.17, 15) is 13.2 Å². The van der Waals surface area contributed by atoms with Gasteiger partial charge in [-0.3, -0.25) is 9.48 Å². The molecule has 3 heterocycles. The van der Waals surface area contributed by atoms with Crippen LogP contribution >= 0.6 is 0 Å². The SMILES string of the molecule is Cc1ccc(C(=O)Nc2cc3cc(-c4cnn(C)c4)ccc3cn2)cc1S(=O)(=O)N1CCC(N(C)C)CC1. The molecule has 0 spiro atoms. The molecule has 1 aliphatic heterocycles. The second kappa shape index (κ2) is 10.3. The number of anilines is 1.